The van der Waals surface area contributed by atoms with Crippen molar-refractivity contribution >= 4 is 5.69 Å². The minimum Gasteiger partial charge on any atom is -0.369 e. The minimum atomic E-state index is -0.150. The zero-order chi connectivity index (χ0) is 15.2. The molecule has 1 aliphatic heterocycles. The molecular formula is C19H23FN2. The SMILES string of the molecule is Fc1cccc(N2CCN(CCCc3ccccc3)CC2)c1. The molecule has 0 aliphatic carbocycles. The molecule has 0 N–H and O–H groups in total. The van der Waals surface area contributed by atoms with Gasteiger partial charge in [0.2, 0.25) is 0 Å². The molecule has 2 aromatic carbocycles. The average molecular weight is 298 g/mol. The van der Waals surface area contributed by atoms with Crippen molar-refractivity contribution in [3.05, 3.63) is 66.0 Å². The van der Waals surface area contributed by atoms with E-state index < -0.39 is 0 Å². The predicted octanol–water partition coefficient (Wildman–Crippen LogP) is 3.58. The fraction of sp³-hybridized carbons (Fsp3) is 0.368. The van der Waals surface area contributed by atoms with Crippen LogP contribution in [0.1, 0.15) is 12.0 Å². The van der Waals surface area contributed by atoms with E-state index in [4.69, 9.17) is 0 Å². The maximum Gasteiger partial charge on any atom is 0.125 e. The molecule has 0 aromatic heterocycles. The third kappa shape index (κ3) is 4.08. The zero-order valence-corrected chi connectivity index (χ0v) is 12.9. The third-order valence-corrected chi connectivity index (χ3v) is 4.33. The van der Waals surface area contributed by atoms with Gasteiger partial charge in [-0.05, 0) is 43.1 Å². The van der Waals surface area contributed by atoms with Crippen molar-refractivity contribution in [3.8, 4) is 0 Å². The molecule has 2 aromatic rings. The van der Waals surface area contributed by atoms with Gasteiger partial charge in [-0.1, -0.05) is 36.4 Å². The number of nitrogens with zero attached hydrogens (tertiary/aromatic N) is 2. The molecular weight excluding hydrogens is 275 g/mol. The number of aryl methyl sites for hydroxylation is 1. The van der Waals surface area contributed by atoms with E-state index in [0.29, 0.717) is 0 Å². The Morgan fingerprint density at radius 2 is 1.64 bits per heavy atom. The highest BCUT2D eigenvalue weighted by Gasteiger charge is 2.16. The molecule has 0 atom stereocenters. The summed E-state index contributed by atoms with van der Waals surface area (Å²) >= 11 is 0. The van der Waals surface area contributed by atoms with Gasteiger partial charge in [0.05, 0.1) is 0 Å². The summed E-state index contributed by atoms with van der Waals surface area (Å²) in [5.41, 5.74) is 2.42. The van der Waals surface area contributed by atoms with Crippen LogP contribution in [0.5, 0.6) is 0 Å². The van der Waals surface area contributed by atoms with Gasteiger partial charge in [-0.2, -0.15) is 0 Å². The lowest BCUT2D eigenvalue weighted by atomic mass is 10.1. The highest BCUT2D eigenvalue weighted by molar-refractivity contribution is 5.46. The van der Waals surface area contributed by atoms with Crippen molar-refractivity contribution in [1.29, 1.82) is 0 Å². The highest BCUT2D eigenvalue weighted by atomic mass is 19.1. The van der Waals surface area contributed by atoms with Crippen molar-refractivity contribution in [1.82, 2.24) is 4.90 Å². The number of anilines is 1. The van der Waals surface area contributed by atoms with Crippen LogP contribution in [0.15, 0.2) is 54.6 Å². The lowest BCUT2D eigenvalue weighted by Crippen LogP contribution is -2.46. The number of benzene rings is 2. The van der Waals surface area contributed by atoms with E-state index in [2.05, 4.69) is 40.1 Å². The molecule has 1 fully saturated rings. The van der Waals surface area contributed by atoms with Crippen molar-refractivity contribution in [2.24, 2.45) is 0 Å². The topological polar surface area (TPSA) is 6.48 Å². The van der Waals surface area contributed by atoms with Crippen LogP contribution in [-0.2, 0) is 6.42 Å². The molecule has 2 nitrogen and oxygen atoms in total. The van der Waals surface area contributed by atoms with Gasteiger partial charge in [-0.3, -0.25) is 4.90 Å². The summed E-state index contributed by atoms with van der Waals surface area (Å²) in [7, 11) is 0. The van der Waals surface area contributed by atoms with Gasteiger partial charge in [0.15, 0.2) is 0 Å². The van der Waals surface area contributed by atoms with E-state index >= 15 is 0 Å². The Balaban J connectivity index is 1.42. The van der Waals surface area contributed by atoms with Gasteiger partial charge in [-0.15, -0.1) is 0 Å². The quantitative estimate of drug-likeness (QED) is 0.832. The first-order chi connectivity index (χ1) is 10.8. The maximum atomic E-state index is 13.3. The monoisotopic (exact) mass is 298 g/mol. The summed E-state index contributed by atoms with van der Waals surface area (Å²) in [5.74, 6) is -0.150. The second-order valence-electron chi connectivity index (χ2n) is 5.90. The van der Waals surface area contributed by atoms with E-state index in [1.807, 2.05) is 6.07 Å². The number of rotatable bonds is 5. The van der Waals surface area contributed by atoms with Crippen LogP contribution in [0.4, 0.5) is 10.1 Å². The molecule has 1 heterocycles. The third-order valence-electron chi connectivity index (χ3n) is 4.33. The molecule has 0 spiro atoms. The highest BCUT2D eigenvalue weighted by Crippen LogP contribution is 2.17. The van der Waals surface area contributed by atoms with Gasteiger partial charge in [0, 0.05) is 31.9 Å². The van der Waals surface area contributed by atoms with Gasteiger partial charge >= 0.3 is 0 Å². The van der Waals surface area contributed by atoms with Crippen molar-refractivity contribution in [2.75, 3.05) is 37.6 Å². The molecule has 0 radical (unpaired) electrons. The van der Waals surface area contributed by atoms with Gasteiger partial charge < -0.3 is 4.90 Å². The van der Waals surface area contributed by atoms with E-state index in [-0.39, 0.29) is 5.82 Å². The summed E-state index contributed by atoms with van der Waals surface area (Å²) in [6, 6.07) is 17.6. The Bertz CT molecular complexity index is 577. The molecule has 0 saturated carbocycles. The van der Waals surface area contributed by atoms with Gasteiger partial charge in [-0.25, -0.2) is 4.39 Å². The largest absolute Gasteiger partial charge is 0.369 e. The van der Waals surface area contributed by atoms with Crippen LogP contribution < -0.4 is 4.90 Å². The molecule has 0 amide bonds. The molecule has 3 heteroatoms. The predicted molar refractivity (Wildman–Crippen MR) is 89.8 cm³/mol. The summed E-state index contributed by atoms with van der Waals surface area (Å²) in [4.78, 5) is 4.79. The lowest BCUT2D eigenvalue weighted by Gasteiger charge is -2.36. The molecule has 1 saturated heterocycles. The molecule has 1 aliphatic rings. The minimum absolute atomic E-state index is 0.150. The Labute approximate surface area is 132 Å². The lowest BCUT2D eigenvalue weighted by molar-refractivity contribution is 0.255. The molecule has 0 bridgehead atoms. The van der Waals surface area contributed by atoms with Crippen LogP contribution >= 0.6 is 0 Å². The molecule has 3 rings (SSSR count). The van der Waals surface area contributed by atoms with Crippen LogP contribution in [0.25, 0.3) is 0 Å². The van der Waals surface area contributed by atoms with Gasteiger partial charge in [0.1, 0.15) is 5.82 Å². The first-order valence-electron chi connectivity index (χ1n) is 8.08. The second kappa shape index (κ2) is 7.41. The summed E-state index contributed by atoms with van der Waals surface area (Å²) < 4.78 is 13.3. The number of halogens is 1. The summed E-state index contributed by atoms with van der Waals surface area (Å²) in [6.07, 6.45) is 2.34. The fourth-order valence-corrected chi connectivity index (χ4v) is 3.05. The zero-order valence-electron chi connectivity index (χ0n) is 12.9. The molecule has 22 heavy (non-hydrogen) atoms. The van der Waals surface area contributed by atoms with E-state index in [1.165, 1.54) is 18.1 Å². The first-order valence-corrected chi connectivity index (χ1v) is 8.08. The van der Waals surface area contributed by atoms with E-state index in [1.54, 1.807) is 12.1 Å². The summed E-state index contributed by atoms with van der Waals surface area (Å²) in [5, 5.41) is 0. The number of piperazine rings is 1. The first kappa shape index (κ1) is 15.0. The second-order valence-corrected chi connectivity index (χ2v) is 5.90. The maximum absolute atomic E-state index is 13.3. The van der Waals surface area contributed by atoms with Gasteiger partial charge in [0.25, 0.3) is 0 Å². The smallest absolute Gasteiger partial charge is 0.125 e. The normalized spacial score (nSPS) is 16.0. The Morgan fingerprint density at radius 1 is 0.864 bits per heavy atom. The summed E-state index contributed by atoms with van der Waals surface area (Å²) in [6.45, 7) is 5.23. The Morgan fingerprint density at radius 3 is 2.36 bits per heavy atom. The standard InChI is InChI=1S/C19H23FN2/c20-18-9-4-10-19(16-18)22-14-12-21(13-15-22)11-5-8-17-6-2-1-3-7-17/h1-4,6-7,9-10,16H,5,8,11-15H2. The Hall–Kier alpha value is -1.87. The van der Waals surface area contributed by atoms with Crippen LogP contribution in [0, 0.1) is 5.82 Å². The van der Waals surface area contributed by atoms with E-state index in [9.17, 15) is 4.39 Å². The molecule has 116 valence electrons. The average Bonchev–Trinajstić information content (AvgIpc) is 2.56. The fourth-order valence-electron chi connectivity index (χ4n) is 3.05. The number of hydrogen-bond donors (Lipinski definition) is 0. The molecule has 0 unspecified atom stereocenters. The van der Waals surface area contributed by atoms with Crippen LogP contribution in [-0.4, -0.2) is 37.6 Å². The Kier molecular flexibility index (Phi) is 5.07. The van der Waals surface area contributed by atoms with Crippen LogP contribution in [0.2, 0.25) is 0 Å². The van der Waals surface area contributed by atoms with Crippen molar-refractivity contribution in [2.45, 2.75) is 12.8 Å². The number of hydrogen-bond acceptors (Lipinski definition) is 2. The van der Waals surface area contributed by atoms with Crippen molar-refractivity contribution < 1.29 is 4.39 Å². The van der Waals surface area contributed by atoms with Crippen LogP contribution in [0.3, 0.4) is 0 Å². The van der Waals surface area contributed by atoms with Crippen molar-refractivity contribution in [3.63, 3.8) is 0 Å². The van der Waals surface area contributed by atoms with E-state index in [0.717, 1.165) is 44.8 Å².